The first kappa shape index (κ1) is 11.7. The van der Waals surface area contributed by atoms with Gasteiger partial charge in [0.1, 0.15) is 0 Å². The van der Waals surface area contributed by atoms with Crippen LogP contribution >= 0.6 is 0 Å². The predicted octanol–water partition coefficient (Wildman–Crippen LogP) is 1.91. The van der Waals surface area contributed by atoms with E-state index in [2.05, 4.69) is 6.07 Å². The Labute approximate surface area is 90.2 Å². The number of hydrogen-bond acceptors (Lipinski definition) is 3. The van der Waals surface area contributed by atoms with Gasteiger partial charge < -0.3 is 9.47 Å². The fourth-order valence-electron chi connectivity index (χ4n) is 1.34. The lowest BCUT2D eigenvalue weighted by atomic mass is 10.1. The lowest BCUT2D eigenvalue weighted by Gasteiger charge is -2.13. The van der Waals surface area contributed by atoms with Gasteiger partial charge in [0.15, 0.2) is 6.29 Å². The van der Waals surface area contributed by atoms with Crippen molar-refractivity contribution in [1.29, 1.82) is 5.26 Å². The molecule has 0 saturated heterocycles. The highest BCUT2D eigenvalue weighted by Gasteiger charge is 2.05. The van der Waals surface area contributed by atoms with Crippen molar-refractivity contribution < 1.29 is 9.47 Å². The molecule has 0 atom stereocenters. The number of hydrogen-bond donors (Lipinski definition) is 0. The lowest BCUT2D eigenvalue weighted by molar-refractivity contribution is -0.100. The number of methoxy groups -OCH3 is 2. The summed E-state index contributed by atoms with van der Waals surface area (Å²) in [5.74, 6) is 0. The number of ether oxygens (including phenoxy) is 2. The maximum atomic E-state index is 8.52. The normalized spacial score (nSPS) is 10.3. The van der Waals surface area contributed by atoms with E-state index in [1.54, 1.807) is 14.2 Å². The minimum Gasteiger partial charge on any atom is -0.356 e. The molecule has 3 heteroatoms. The molecule has 0 aliphatic carbocycles. The zero-order valence-corrected chi connectivity index (χ0v) is 9.06. The van der Waals surface area contributed by atoms with E-state index in [-0.39, 0.29) is 6.29 Å². The van der Waals surface area contributed by atoms with Gasteiger partial charge in [-0.3, -0.25) is 0 Å². The lowest BCUT2D eigenvalue weighted by Crippen LogP contribution is -2.15. The Morgan fingerprint density at radius 2 is 1.67 bits per heavy atom. The Bertz CT molecular complexity index is 322. The fraction of sp³-hybridized carbons (Fsp3) is 0.417. The molecule has 0 spiro atoms. The summed E-state index contributed by atoms with van der Waals surface area (Å²) in [6, 6.07) is 10.0. The second-order valence-corrected chi connectivity index (χ2v) is 3.26. The Morgan fingerprint density at radius 1 is 1.13 bits per heavy atom. The third-order valence-corrected chi connectivity index (χ3v) is 2.23. The average Bonchev–Trinajstić information content (AvgIpc) is 2.28. The van der Waals surface area contributed by atoms with Crippen molar-refractivity contribution in [2.45, 2.75) is 19.1 Å². The Balaban J connectivity index is 2.60. The Hall–Kier alpha value is -1.37. The third-order valence-electron chi connectivity index (χ3n) is 2.23. The minimum atomic E-state index is -0.202. The first-order valence-electron chi connectivity index (χ1n) is 4.80. The molecular weight excluding hydrogens is 190 g/mol. The molecule has 0 aliphatic rings. The van der Waals surface area contributed by atoms with Crippen molar-refractivity contribution in [3.05, 3.63) is 35.4 Å². The zero-order chi connectivity index (χ0) is 11.1. The van der Waals surface area contributed by atoms with Crippen LogP contribution in [0.15, 0.2) is 24.3 Å². The fourth-order valence-corrected chi connectivity index (χ4v) is 1.34. The van der Waals surface area contributed by atoms with Gasteiger partial charge in [-0.25, -0.2) is 0 Å². The Morgan fingerprint density at radius 3 is 2.13 bits per heavy atom. The number of benzene rings is 1. The van der Waals surface area contributed by atoms with Crippen molar-refractivity contribution in [2.75, 3.05) is 14.2 Å². The molecule has 0 N–H and O–H groups in total. The summed E-state index contributed by atoms with van der Waals surface area (Å²) in [6.07, 6.45) is 0.977. The van der Waals surface area contributed by atoms with Crippen molar-refractivity contribution in [3.8, 4) is 6.07 Å². The summed E-state index contributed by atoms with van der Waals surface area (Å²) in [4.78, 5) is 0. The van der Waals surface area contributed by atoms with Crippen LogP contribution in [0.5, 0.6) is 0 Å². The highest BCUT2D eigenvalue weighted by molar-refractivity contribution is 5.24. The van der Waals surface area contributed by atoms with Crippen LogP contribution in [-0.2, 0) is 22.3 Å². The van der Waals surface area contributed by atoms with Gasteiger partial charge in [0.25, 0.3) is 0 Å². The predicted molar refractivity (Wildman–Crippen MR) is 57.3 cm³/mol. The van der Waals surface area contributed by atoms with Crippen LogP contribution in [0.1, 0.15) is 11.1 Å². The van der Waals surface area contributed by atoms with E-state index < -0.39 is 0 Å². The van der Waals surface area contributed by atoms with E-state index in [0.29, 0.717) is 6.42 Å². The van der Waals surface area contributed by atoms with Crippen LogP contribution in [0, 0.1) is 11.3 Å². The van der Waals surface area contributed by atoms with E-state index in [9.17, 15) is 0 Å². The largest absolute Gasteiger partial charge is 0.356 e. The molecular formula is C12H15NO2. The van der Waals surface area contributed by atoms with Crippen LogP contribution in [0.3, 0.4) is 0 Å². The molecule has 0 amide bonds. The molecule has 3 nitrogen and oxygen atoms in total. The monoisotopic (exact) mass is 205 g/mol. The van der Waals surface area contributed by atoms with Crippen LogP contribution in [0.4, 0.5) is 0 Å². The Kier molecular flexibility index (Phi) is 4.82. The summed E-state index contributed by atoms with van der Waals surface area (Å²) in [5.41, 5.74) is 2.18. The van der Waals surface area contributed by atoms with E-state index in [0.717, 1.165) is 17.5 Å². The van der Waals surface area contributed by atoms with E-state index in [1.807, 2.05) is 24.3 Å². The van der Waals surface area contributed by atoms with Crippen molar-refractivity contribution >= 4 is 0 Å². The topological polar surface area (TPSA) is 42.2 Å². The highest BCUT2D eigenvalue weighted by atomic mass is 16.7. The number of nitriles is 1. The molecule has 0 fully saturated rings. The summed E-state index contributed by atoms with van der Waals surface area (Å²) < 4.78 is 10.2. The molecule has 1 aromatic rings. The maximum Gasteiger partial charge on any atom is 0.160 e. The molecule has 0 radical (unpaired) electrons. The SMILES string of the molecule is COC(Cc1ccc(CC#N)cc1)OC. The first-order chi connectivity index (χ1) is 7.30. The molecule has 1 aromatic carbocycles. The van der Waals surface area contributed by atoms with Gasteiger partial charge in [0.05, 0.1) is 12.5 Å². The molecule has 0 saturated carbocycles. The quantitative estimate of drug-likeness (QED) is 0.689. The van der Waals surface area contributed by atoms with Crippen molar-refractivity contribution in [2.24, 2.45) is 0 Å². The van der Waals surface area contributed by atoms with Gasteiger partial charge in [-0.2, -0.15) is 5.26 Å². The summed E-state index contributed by atoms with van der Waals surface area (Å²) in [6.45, 7) is 0. The standard InChI is InChI=1S/C12H15NO2/c1-14-12(15-2)9-11-5-3-10(4-6-11)7-8-13/h3-6,12H,7,9H2,1-2H3. The van der Waals surface area contributed by atoms with Crippen LogP contribution < -0.4 is 0 Å². The van der Waals surface area contributed by atoms with Crippen LogP contribution in [-0.4, -0.2) is 20.5 Å². The molecule has 0 bridgehead atoms. The number of nitrogens with zero attached hydrogens (tertiary/aromatic N) is 1. The minimum absolute atomic E-state index is 0.202. The van der Waals surface area contributed by atoms with Crippen molar-refractivity contribution in [3.63, 3.8) is 0 Å². The zero-order valence-electron chi connectivity index (χ0n) is 9.06. The molecule has 80 valence electrons. The molecule has 0 aliphatic heterocycles. The van der Waals surface area contributed by atoms with E-state index in [1.165, 1.54) is 0 Å². The summed E-state index contributed by atoms with van der Waals surface area (Å²) in [5, 5.41) is 8.52. The van der Waals surface area contributed by atoms with E-state index >= 15 is 0 Å². The summed E-state index contributed by atoms with van der Waals surface area (Å²) in [7, 11) is 3.25. The van der Waals surface area contributed by atoms with Gasteiger partial charge in [0.2, 0.25) is 0 Å². The highest BCUT2D eigenvalue weighted by Crippen LogP contribution is 2.09. The van der Waals surface area contributed by atoms with Gasteiger partial charge in [0, 0.05) is 20.6 Å². The van der Waals surface area contributed by atoms with Gasteiger partial charge in [-0.05, 0) is 11.1 Å². The third kappa shape index (κ3) is 3.70. The molecule has 15 heavy (non-hydrogen) atoms. The van der Waals surface area contributed by atoms with E-state index in [4.69, 9.17) is 14.7 Å². The summed E-state index contributed by atoms with van der Waals surface area (Å²) >= 11 is 0. The first-order valence-corrected chi connectivity index (χ1v) is 4.80. The van der Waals surface area contributed by atoms with Crippen molar-refractivity contribution in [1.82, 2.24) is 0 Å². The number of rotatable bonds is 5. The second kappa shape index (κ2) is 6.18. The molecule has 0 aromatic heterocycles. The second-order valence-electron chi connectivity index (χ2n) is 3.26. The van der Waals surface area contributed by atoms with Gasteiger partial charge in [-0.1, -0.05) is 24.3 Å². The molecule has 1 rings (SSSR count). The average molecular weight is 205 g/mol. The molecule has 0 heterocycles. The van der Waals surface area contributed by atoms with Crippen LogP contribution in [0.25, 0.3) is 0 Å². The smallest absolute Gasteiger partial charge is 0.160 e. The van der Waals surface area contributed by atoms with Crippen LogP contribution in [0.2, 0.25) is 0 Å². The van der Waals surface area contributed by atoms with Gasteiger partial charge in [-0.15, -0.1) is 0 Å². The maximum absolute atomic E-state index is 8.52. The molecule has 0 unspecified atom stereocenters. The van der Waals surface area contributed by atoms with Gasteiger partial charge >= 0.3 is 0 Å².